The fraction of sp³-hybridized carbons (Fsp3) is 0.412. The minimum atomic E-state index is -1.31. The van der Waals surface area contributed by atoms with Gasteiger partial charge >= 0.3 is 5.97 Å². The van der Waals surface area contributed by atoms with Gasteiger partial charge in [0, 0.05) is 18.6 Å². The number of nitrogens with one attached hydrogen (secondary N) is 1. The second kappa shape index (κ2) is 8.34. The van der Waals surface area contributed by atoms with Gasteiger partial charge in [-0.25, -0.2) is 4.79 Å². The first-order chi connectivity index (χ1) is 10.5. The molecule has 1 aromatic rings. The summed E-state index contributed by atoms with van der Waals surface area (Å²) in [5.41, 5.74) is -0.845. The van der Waals surface area contributed by atoms with E-state index in [1.54, 1.807) is 37.3 Å². The van der Waals surface area contributed by atoms with Crippen molar-refractivity contribution in [2.45, 2.75) is 31.9 Å². The summed E-state index contributed by atoms with van der Waals surface area (Å²) in [5.74, 6) is -0.919. The molecular weight excluding hydrogens is 282 g/mol. The van der Waals surface area contributed by atoms with Crippen LogP contribution in [0, 0.1) is 0 Å². The van der Waals surface area contributed by atoms with Crippen LogP contribution in [0.1, 0.15) is 30.6 Å². The van der Waals surface area contributed by atoms with Gasteiger partial charge < -0.3 is 14.8 Å². The summed E-state index contributed by atoms with van der Waals surface area (Å²) in [6, 6.07) is 8.69. The van der Waals surface area contributed by atoms with Crippen LogP contribution < -0.4 is 5.32 Å². The minimum absolute atomic E-state index is 0.208. The Balaban J connectivity index is 3.15. The van der Waals surface area contributed by atoms with Gasteiger partial charge in [0.1, 0.15) is 0 Å². The monoisotopic (exact) mass is 305 g/mol. The zero-order chi connectivity index (χ0) is 16.6. The van der Waals surface area contributed by atoms with Gasteiger partial charge in [0.2, 0.25) is 0 Å². The molecule has 1 aromatic carbocycles. The van der Waals surface area contributed by atoms with Crippen molar-refractivity contribution in [2.24, 2.45) is 0 Å². The Labute approximate surface area is 131 Å². The highest BCUT2D eigenvalue weighted by Gasteiger charge is 2.46. The molecule has 0 aliphatic heterocycles. The van der Waals surface area contributed by atoms with Gasteiger partial charge in [0.15, 0.2) is 5.54 Å². The topological polar surface area (TPSA) is 64.6 Å². The van der Waals surface area contributed by atoms with E-state index in [0.29, 0.717) is 12.2 Å². The first kappa shape index (κ1) is 17.9. The molecule has 120 valence electrons. The van der Waals surface area contributed by atoms with Crippen molar-refractivity contribution in [1.29, 1.82) is 0 Å². The Bertz CT molecular complexity index is 515. The molecule has 22 heavy (non-hydrogen) atoms. The summed E-state index contributed by atoms with van der Waals surface area (Å²) < 4.78 is 10.4. The van der Waals surface area contributed by atoms with E-state index in [4.69, 9.17) is 9.47 Å². The molecule has 0 unspecified atom stereocenters. The van der Waals surface area contributed by atoms with Gasteiger partial charge in [-0.3, -0.25) is 4.79 Å². The number of rotatable bonds is 8. The lowest BCUT2D eigenvalue weighted by atomic mass is 9.88. The van der Waals surface area contributed by atoms with E-state index < -0.39 is 17.6 Å². The predicted molar refractivity (Wildman–Crippen MR) is 84.6 cm³/mol. The molecule has 0 aliphatic carbocycles. The lowest BCUT2D eigenvalue weighted by molar-refractivity contribution is -0.154. The van der Waals surface area contributed by atoms with Crippen molar-refractivity contribution >= 4 is 11.9 Å². The van der Waals surface area contributed by atoms with Crippen LogP contribution in [0.5, 0.6) is 0 Å². The molecule has 0 fully saturated rings. The Kier molecular flexibility index (Phi) is 6.79. The van der Waals surface area contributed by atoms with E-state index in [9.17, 15) is 9.59 Å². The summed E-state index contributed by atoms with van der Waals surface area (Å²) in [6.07, 6.45) is 1.22. The standard InChI is InChI=1S/C17H23NO4/c1-5-12-17(16(20)21-4,13(3)22-6-2)18-15(19)14-10-8-7-9-11-14/h5,7-11,13H,1,6,12H2,2-4H3,(H,18,19)/t13-,17-/m0/s1. The lowest BCUT2D eigenvalue weighted by Crippen LogP contribution is -2.62. The molecule has 0 saturated carbocycles. The van der Waals surface area contributed by atoms with Crippen molar-refractivity contribution in [1.82, 2.24) is 5.32 Å². The van der Waals surface area contributed by atoms with E-state index in [0.717, 1.165) is 0 Å². The van der Waals surface area contributed by atoms with Crippen molar-refractivity contribution in [3.63, 3.8) is 0 Å². The Morgan fingerprint density at radius 2 is 2.00 bits per heavy atom. The average Bonchev–Trinajstić information content (AvgIpc) is 2.54. The molecule has 1 amide bonds. The molecule has 0 bridgehead atoms. The largest absolute Gasteiger partial charge is 0.467 e. The normalized spacial score (nSPS) is 14.5. The summed E-state index contributed by atoms with van der Waals surface area (Å²) in [4.78, 5) is 24.8. The van der Waals surface area contributed by atoms with Gasteiger partial charge in [0.05, 0.1) is 13.2 Å². The molecule has 0 aliphatic rings. The van der Waals surface area contributed by atoms with Crippen LogP contribution in [0.2, 0.25) is 0 Å². The van der Waals surface area contributed by atoms with E-state index in [1.807, 2.05) is 13.0 Å². The van der Waals surface area contributed by atoms with Crippen LogP contribution >= 0.6 is 0 Å². The number of carbonyl (C=O) groups excluding carboxylic acids is 2. The van der Waals surface area contributed by atoms with E-state index in [2.05, 4.69) is 11.9 Å². The fourth-order valence-corrected chi connectivity index (χ4v) is 2.29. The molecule has 5 nitrogen and oxygen atoms in total. The maximum Gasteiger partial charge on any atom is 0.334 e. The van der Waals surface area contributed by atoms with Crippen LogP contribution in [0.25, 0.3) is 0 Å². The van der Waals surface area contributed by atoms with Crippen LogP contribution in [0.4, 0.5) is 0 Å². The van der Waals surface area contributed by atoms with Crippen LogP contribution in [0.15, 0.2) is 43.0 Å². The molecule has 0 heterocycles. The van der Waals surface area contributed by atoms with Gasteiger partial charge in [-0.1, -0.05) is 24.3 Å². The van der Waals surface area contributed by atoms with Gasteiger partial charge in [-0.15, -0.1) is 6.58 Å². The van der Waals surface area contributed by atoms with Crippen molar-refractivity contribution < 1.29 is 19.1 Å². The molecule has 0 radical (unpaired) electrons. The van der Waals surface area contributed by atoms with Crippen molar-refractivity contribution in [3.8, 4) is 0 Å². The number of hydrogen-bond acceptors (Lipinski definition) is 4. The van der Waals surface area contributed by atoms with Crippen molar-refractivity contribution in [2.75, 3.05) is 13.7 Å². The third kappa shape index (κ3) is 3.95. The van der Waals surface area contributed by atoms with E-state index in [1.165, 1.54) is 7.11 Å². The first-order valence-corrected chi connectivity index (χ1v) is 7.20. The number of amides is 1. The Morgan fingerprint density at radius 3 is 2.50 bits per heavy atom. The maximum absolute atomic E-state index is 12.5. The number of benzene rings is 1. The second-order valence-corrected chi connectivity index (χ2v) is 4.87. The predicted octanol–water partition coefficient (Wildman–Crippen LogP) is 2.33. The van der Waals surface area contributed by atoms with Gasteiger partial charge in [-0.05, 0) is 26.0 Å². The lowest BCUT2D eigenvalue weighted by Gasteiger charge is -2.36. The van der Waals surface area contributed by atoms with Crippen LogP contribution in [0.3, 0.4) is 0 Å². The SMILES string of the molecule is C=CC[C@@](NC(=O)c1ccccc1)(C(=O)OC)[C@H](C)OCC. The van der Waals surface area contributed by atoms with Crippen molar-refractivity contribution in [3.05, 3.63) is 48.6 Å². The quantitative estimate of drug-likeness (QED) is 0.591. The second-order valence-electron chi connectivity index (χ2n) is 4.87. The molecule has 5 heteroatoms. The number of methoxy groups -OCH3 is 1. The molecule has 0 aromatic heterocycles. The molecule has 0 spiro atoms. The summed E-state index contributed by atoms with van der Waals surface area (Å²) in [6.45, 7) is 7.64. The minimum Gasteiger partial charge on any atom is -0.467 e. The van der Waals surface area contributed by atoms with Gasteiger partial charge in [-0.2, -0.15) is 0 Å². The number of esters is 1. The summed E-state index contributed by atoms with van der Waals surface area (Å²) in [5, 5.41) is 2.77. The molecule has 2 atom stereocenters. The van der Waals surface area contributed by atoms with E-state index in [-0.39, 0.29) is 12.3 Å². The highest BCUT2D eigenvalue weighted by atomic mass is 16.5. The number of hydrogen-bond donors (Lipinski definition) is 1. The third-order valence-electron chi connectivity index (χ3n) is 3.50. The third-order valence-corrected chi connectivity index (χ3v) is 3.50. The van der Waals surface area contributed by atoms with Crippen LogP contribution in [-0.2, 0) is 14.3 Å². The zero-order valence-corrected chi connectivity index (χ0v) is 13.3. The highest BCUT2D eigenvalue weighted by Crippen LogP contribution is 2.22. The summed E-state index contributed by atoms with van der Waals surface area (Å²) >= 11 is 0. The first-order valence-electron chi connectivity index (χ1n) is 7.20. The molecule has 1 rings (SSSR count). The Hall–Kier alpha value is -2.14. The number of carbonyl (C=O) groups is 2. The van der Waals surface area contributed by atoms with Gasteiger partial charge in [0.25, 0.3) is 5.91 Å². The molecule has 1 N–H and O–H groups in total. The molecular formula is C17H23NO4. The fourth-order valence-electron chi connectivity index (χ4n) is 2.29. The summed E-state index contributed by atoms with van der Waals surface area (Å²) in [7, 11) is 1.29. The zero-order valence-electron chi connectivity index (χ0n) is 13.3. The Morgan fingerprint density at radius 1 is 1.36 bits per heavy atom. The molecule has 0 saturated heterocycles. The maximum atomic E-state index is 12.5. The smallest absolute Gasteiger partial charge is 0.334 e. The number of ether oxygens (including phenoxy) is 2. The highest BCUT2D eigenvalue weighted by molar-refractivity contribution is 5.98. The van der Waals surface area contributed by atoms with E-state index >= 15 is 0 Å². The van der Waals surface area contributed by atoms with Crippen LogP contribution in [-0.4, -0.2) is 37.2 Å². The average molecular weight is 305 g/mol.